The van der Waals surface area contributed by atoms with Crippen molar-refractivity contribution in [1.82, 2.24) is 0 Å². The summed E-state index contributed by atoms with van der Waals surface area (Å²) < 4.78 is 26.4. The maximum absolute atomic E-state index is 11.9. The predicted octanol–water partition coefficient (Wildman–Crippen LogP) is 2.01. The second-order valence-electron chi connectivity index (χ2n) is 4.29. The zero-order valence-corrected chi connectivity index (χ0v) is 9.71. The van der Waals surface area contributed by atoms with Crippen LogP contribution in [-0.2, 0) is 16.4 Å². The summed E-state index contributed by atoms with van der Waals surface area (Å²) in [6.07, 6.45) is 0.614. The topological polar surface area (TPSA) is 46.2 Å². The summed E-state index contributed by atoms with van der Waals surface area (Å²) in [5.74, 6) is 0.135. The minimum atomic E-state index is -3.19. The SMILES string of the molecule is CC(C)C1Cc2ccccc2NS1(=O)=O. The molecule has 0 aromatic heterocycles. The van der Waals surface area contributed by atoms with Crippen molar-refractivity contribution in [2.75, 3.05) is 4.72 Å². The number of benzene rings is 1. The van der Waals surface area contributed by atoms with E-state index in [1.807, 2.05) is 38.1 Å². The number of hydrogen-bond acceptors (Lipinski definition) is 2. The maximum Gasteiger partial charge on any atom is 0.236 e. The van der Waals surface area contributed by atoms with Gasteiger partial charge in [0, 0.05) is 0 Å². The molecular weight excluding hydrogens is 210 g/mol. The average molecular weight is 225 g/mol. The van der Waals surface area contributed by atoms with E-state index in [2.05, 4.69) is 4.72 Å². The summed E-state index contributed by atoms with van der Waals surface area (Å²) in [6.45, 7) is 3.88. The van der Waals surface area contributed by atoms with Crippen molar-refractivity contribution >= 4 is 15.7 Å². The van der Waals surface area contributed by atoms with Gasteiger partial charge >= 0.3 is 0 Å². The van der Waals surface area contributed by atoms with Crippen molar-refractivity contribution in [2.24, 2.45) is 5.92 Å². The first-order valence-electron chi connectivity index (χ1n) is 5.10. The quantitative estimate of drug-likeness (QED) is 0.794. The summed E-state index contributed by atoms with van der Waals surface area (Å²) in [5.41, 5.74) is 1.82. The summed E-state index contributed by atoms with van der Waals surface area (Å²) in [5, 5.41) is -0.313. The van der Waals surface area contributed by atoms with Gasteiger partial charge in [-0.2, -0.15) is 0 Å². The van der Waals surface area contributed by atoms with Crippen molar-refractivity contribution in [1.29, 1.82) is 0 Å². The summed E-state index contributed by atoms with van der Waals surface area (Å²) in [6, 6.07) is 7.57. The van der Waals surface area contributed by atoms with E-state index in [0.29, 0.717) is 6.42 Å². The Kier molecular flexibility index (Phi) is 2.46. The first-order chi connectivity index (χ1) is 7.00. The van der Waals surface area contributed by atoms with Gasteiger partial charge in [0.2, 0.25) is 10.0 Å². The molecule has 1 aromatic rings. The Hall–Kier alpha value is -1.03. The third-order valence-corrected chi connectivity index (χ3v) is 4.85. The van der Waals surface area contributed by atoms with E-state index in [1.165, 1.54) is 0 Å². The standard InChI is InChI=1S/C11H15NO2S/c1-8(2)11-7-9-5-3-4-6-10(9)12-15(11,13)14/h3-6,8,11-12H,7H2,1-2H3. The Balaban J connectivity index is 2.45. The van der Waals surface area contributed by atoms with Gasteiger partial charge in [-0.05, 0) is 24.0 Å². The van der Waals surface area contributed by atoms with Gasteiger partial charge in [0.25, 0.3) is 0 Å². The summed E-state index contributed by atoms with van der Waals surface area (Å²) in [4.78, 5) is 0. The van der Waals surface area contributed by atoms with E-state index in [9.17, 15) is 8.42 Å². The zero-order valence-electron chi connectivity index (χ0n) is 8.90. The summed E-state index contributed by atoms with van der Waals surface area (Å²) >= 11 is 0. The van der Waals surface area contributed by atoms with Crippen molar-refractivity contribution in [2.45, 2.75) is 25.5 Å². The molecule has 1 unspecified atom stereocenters. The number of nitrogens with one attached hydrogen (secondary N) is 1. The molecule has 4 heteroatoms. The molecule has 0 radical (unpaired) electrons. The molecule has 0 aliphatic carbocycles. The Bertz CT molecular complexity index is 465. The molecule has 3 nitrogen and oxygen atoms in total. The highest BCUT2D eigenvalue weighted by molar-refractivity contribution is 7.93. The van der Waals surface area contributed by atoms with Crippen molar-refractivity contribution in [3.63, 3.8) is 0 Å². The molecule has 1 N–H and O–H groups in total. The predicted molar refractivity (Wildman–Crippen MR) is 61.3 cm³/mol. The zero-order chi connectivity index (χ0) is 11.1. The van der Waals surface area contributed by atoms with Crippen LogP contribution in [0.2, 0.25) is 0 Å². The lowest BCUT2D eigenvalue weighted by Gasteiger charge is -2.28. The minimum absolute atomic E-state index is 0.135. The lowest BCUT2D eigenvalue weighted by molar-refractivity contribution is 0.528. The number of rotatable bonds is 1. The smallest absolute Gasteiger partial charge is 0.236 e. The first kappa shape index (κ1) is 10.5. The number of hydrogen-bond donors (Lipinski definition) is 1. The number of sulfonamides is 1. The molecule has 1 atom stereocenters. The molecule has 0 saturated carbocycles. The maximum atomic E-state index is 11.9. The Morgan fingerprint density at radius 1 is 1.33 bits per heavy atom. The third-order valence-electron chi connectivity index (χ3n) is 2.83. The van der Waals surface area contributed by atoms with Gasteiger partial charge in [-0.15, -0.1) is 0 Å². The van der Waals surface area contributed by atoms with Gasteiger partial charge in [-0.3, -0.25) is 4.72 Å². The molecule has 0 fully saturated rings. The fraction of sp³-hybridized carbons (Fsp3) is 0.455. The molecule has 0 spiro atoms. The van der Waals surface area contributed by atoms with E-state index < -0.39 is 10.0 Å². The summed E-state index contributed by atoms with van der Waals surface area (Å²) in [7, 11) is -3.19. The highest BCUT2D eigenvalue weighted by Crippen LogP contribution is 2.29. The first-order valence-corrected chi connectivity index (χ1v) is 6.65. The van der Waals surface area contributed by atoms with Gasteiger partial charge in [-0.1, -0.05) is 32.0 Å². The van der Waals surface area contributed by atoms with E-state index >= 15 is 0 Å². The molecule has 1 aromatic carbocycles. The van der Waals surface area contributed by atoms with Gasteiger partial charge in [0.15, 0.2) is 0 Å². The Labute approximate surface area is 90.6 Å². The average Bonchev–Trinajstić information content (AvgIpc) is 2.14. The fourth-order valence-electron chi connectivity index (χ4n) is 1.95. The van der Waals surface area contributed by atoms with Crippen LogP contribution >= 0.6 is 0 Å². The highest BCUT2D eigenvalue weighted by atomic mass is 32.2. The number of fused-ring (bicyclic) bond motifs is 1. The van der Waals surface area contributed by atoms with E-state index in [4.69, 9.17) is 0 Å². The normalized spacial score (nSPS) is 23.3. The molecule has 1 aliphatic heterocycles. The van der Waals surface area contributed by atoms with Crippen LogP contribution in [0.25, 0.3) is 0 Å². The molecule has 82 valence electrons. The fourth-order valence-corrected chi connectivity index (χ4v) is 3.72. The molecule has 1 aliphatic rings. The second kappa shape index (κ2) is 3.52. The third kappa shape index (κ3) is 1.86. The van der Waals surface area contributed by atoms with E-state index in [0.717, 1.165) is 11.3 Å². The largest absolute Gasteiger partial charge is 0.283 e. The van der Waals surface area contributed by atoms with Gasteiger partial charge < -0.3 is 0 Å². The van der Waals surface area contributed by atoms with Crippen LogP contribution in [0.1, 0.15) is 19.4 Å². The van der Waals surface area contributed by atoms with E-state index in [1.54, 1.807) is 0 Å². The van der Waals surface area contributed by atoms with Gasteiger partial charge in [0.05, 0.1) is 10.9 Å². The lowest BCUT2D eigenvalue weighted by atomic mass is 10.0. The molecule has 0 amide bonds. The molecule has 0 saturated heterocycles. The Morgan fingerprint density at radius 2 is 2.00 bits per heavy atom. The van der Waals surface area contributed by atoms with Crippen LogP contribution in [0.5, 0.6) is 0 Å². The molecule has 2 rings (SSSR count). The molecule has 0 bridgehead atoms. The van der Waals surface area contributed by atoms with E-state index in [-0.39, 0.29) is 11.2 Å². The lowest BCUT2D eigenvalue weighted by Crippen LogP contribution is -2.37. The number of anilines is 1. The van der Waals surface area contributed by atoms with Crippen molar-refractivity contribution < 1.29 is 8.42 Å². The van der Waals surface area contributed by atoms with Gasteiger partial charge in [0.1, 0.15) is 0 Å². The monoisotopic (exact) mass is 225 g/mol. The van der Waals surface area contributed by atoms with Crippen LogP contribution < -0.4 is 4.72 Å². The van der Waals surface area contributed by atoms with Crippen molar-refractivity contribution in [3.8, 4) is 0 Å². The second-order valence-corrected chi connectivity index (χ2v) is 6.19. The highest BCUT2D eigenvalue weighted by Gasteiger charge is 2.33. The van der Waals surface area contributed by atoms with Crippen LogP contribution in [0.4, 0.5) is 5.69 Å². The molecule has 15 heavy (non-hydrogen) atoms. The van der Waals surface area contributed by atoms with Crippen LogP contribution in [0.3, 0.4) is 0 Å². The number of para-hydroxylation sites is 1. The van der Waals surface area contributed by atoms with Crippen LogP contribution in [-0.4, -0.2) is 13.7 Å². The van der Waals surface area contributed by atoms with Crippen molar-refractivity contribution in [3.05, 3.63) is 29.8 Å². The van der Waals surface area contributed by atoms with Gasteiger partial charge in [-0.25, -0.2) is 8.42 Å². The minimum Gasteiger partial charge on any atom is -0.283 e. The molecule has 1 heterocycles. The van der Waals surface area contributed by atoms with Crippen LogP contribution in [0.15, 0.2) is 24.3 Å². The van der Waals surface area contributed by atoms with Crippen LogP contribution in [0, 0.1) is 5.92 Å². The molecular formula is C11H15NO2S. The Morgan fingerprint density at radius 3 is 2.67 bits per heavy atom.